The van der Waals surface area contributed by atoms with E-state index in [0.29, 0.717) is 6.42 Å². The average molecular weight is 212 g/mol. The molecule has 0 aromatic rings. The van der Waals surface area contributed by atoms with Gasteiger partial charge in [0, 0.05) is 6.42 Å². The first-order chi connectivity index (χ1) is 7.33. The predicted octanol–water partition coefficient (Wildman–Crippen LogP) is 3.83. The van der Waals surface area contributed by atoms with Crippen molar-refractivity contribution < 1.29 is 9.53 Å². The summed E-state index contributed by atoms with van der Waals surface area (Å²) in [6.07, 6.45) is 11.4. The fraction of sp³-hybridized carbons (Fsp3) is 0.923. The highest BCUT2D eigenvalue weighted by Crippen LogP contribution is 2.20. The molecule has 2 heteroatoms. The van der Waals surface area contributed by atoms with Gasteiger partial charge in [-0.05, 0) is 32.1 Å². The van der Waals surface area contributed by atoms with E-state index in [0.717, 1.165) is 25.7 Å². The average Bonchev–Trinajstić information content (AvgIpc) is 2.19. The molecule has 0 N–H and O–H groups in total. The quantitative estimate of drug-likeness (QED) is 0.662. The minimum atomic E-state index is 0.0161. The molecule has 88 valence electrons. The summed E-state index contributed by atoms with van der Waals surface area (Å²) in [5, 5.41) is 0. The molecule has 0 aromatic heterocycles. The Morgan fingerprint density at radius 3 is 2.33 bits per heavy atom. The fourth-order valence-corrected chi connectivity index (χ4v) is 2.10. The summed E-state index contributed by atoms with van der Waals surface area (Å²) in [5.74, 6) is 0.0161. The largest absolute Gasteiger partial charge is 0.462 e. The first-order valence-corrected chi connectivity index (χ1v) is 6.52. The van der Waals surface area contributed by atoms with Gasteiger partial charge in [0.05, 0.1) is 0 Å². The summed E-state index contributed by atoms with van der Waals surface area (Å²) in [5.41, 5.74) is 0. The Hall–Kier alpha value is -0.530. The topological polar surface area (TPSA) is 26.3 Å². The zero-order valence-corrected chi connectivity index (χ0v) is 9.96. The van der Waals surface area contributed by atoms with E-state index in [1.807, 2.05) is 0 Å². The minimum Gasteiger partial charge on any atom is -0.462 e. The molecule has 0 bridgehead atoms. The van der Waals surface area contributed by atoms with Crippen LogP contribution in [-0.2, 0) is 9.53 Å². The lowest BCUT2D eigenvalue weighted by atomic mass is 9.98. The van der Waals surface area contributed by atoms with Gasteiger partial charge < -0.3 is 4.74 Å². The highest BCUT2D eigenvalue weighted by atomic mass is 16.5. The number of esters is 1. The van der Waals surface area contributed by atoms with Gasteiger partial charge in [-0.1, -0.05) is 32.6 Å². The van der Waals surface area contributed by atoms with Crippen molar-refractivity contribution in [2.24, 2.45) is 0 Å². The Bertz CT molecular complexity index is 169. The van der Waals surface area contributed by atoms with Crippen LogP contribution in [0.5, 0.6) is 0 Å². The summed E-state index contributed by atoms with van der Waals surface area (Å²) >= 11 is 0. The lowest BCUT2D eigenvalue weighted by Crippen LogP contribution is -2.19. The van der Waals surface area contributed by atoms with Gasteiger partial charge in [0.1, 0.15) is 6.10 Å². The Morgan fingerprint density at radius 1 is 1.13 bits per heavy atom. The van der Waals surface area contributed by atoms with E-state index in [2.05, 4.69) is 6.92 Å². The Labute approximate surface area is 93.4 Å². The predicted molar refractivity (Wildman–Crippen MR) is 61.7 cm³/mol. The van der Waals surface area contributed by atoms with Crippen LogP contribution < -0.4 is 0 Å². The zero-order chi connectivity index (χ0) is 10.9. The Balaban J connectivity index is 2.19. The van der Waals surface area contributed by atoms with Crippen LogP contribution in [0, 0.1) is 0 Å². The third-order valence-electron chi connectivity index (χ3n) is 3.08. The number of unbranched alkanes of at least 4 members (excludes halogenated alkanes) is 1. The molecule has 15 heavy (non-hydrogen) atoms. The summed E-state index contributed by atoms with van der Waals surface area (Å²) in [4.78, 5) is 11.4. The van der Waals surface area contributed by atoms with Crippen LogP contribution in [0.3, 0.4) is 0 Å². The molecule has 0 saturated heterocycles. The number of hydrogen-bond acceptors (Lipinski definition) is 2. The van der Waals surface area contributed by atoms with E-state index in [1.165, 1.54) is 32.1 Å². The summed E-state index contributed by atoms with van der Waals surface area (Å²) in [6, 6.07) is 0. The van der Waals surface area contributed by atoms with Crippen LogP contribution >= 0.6 is 0 Å². The molecule has 2 nitrogen and oxygen atoms in total. The van der Waals surface area contributed by atoms with Crippen molar-refractivity contribution in [1.29, 1.82) is 0 Å². The molecule has 0 heterocycles. The van der Waals surface area contributed by atoms with Crippen LogP contribution in [0.25, 0.3) is 0 Å². The first-order valence-electron chi connectivity index (χ1n) is 6.52. The molecule has 1 aliphatic carbocycles. The van der Waals surface area contributed by atoms with Crippen LogP contribution in [0.15, 0.2) is 0 Å². The molecule has 1 aliphatic rings. The summed E-state index contributed by atoms with van der Waals surface area (Å²) in [7, 11) is 0. The summed E-state index contributed by atoms with van der Waals surface area (Å²) < 4.78 is 5.49. The number of carbonyl (C=O) groups excluding carboxylic acids is 1. The van der Waals surface area contributed by atoms with Crippen molar-refractivity contribution in [3.8, 4) is 0 Å². The molecule has 0 atom stereocenters. The molecule has 0 aliphatic heterocycles. The highest BCUT2D eigenvalue weighted by Gasteiger charge is 2.15. The van der Waals surface area contributed by atoms with Gasteiger partial charge in [-0.25, -0.2) is 0 Å². The molecular formula is C13H24O2. The molecular weight excluding hydrogens is 188 g/mol. The second-order valence-corrected chi connectivity index (χ2v) is 4.56. The van der Waals surface area contributed by atoms with Crippen molar-refractivity contribution in [1.82, 2.24) is 0 Å². The standard InChI is InChI=1S/C13H24O2/c1-2-3-11-13(14)15-12-9-7-5-4-6-8-10-12/h12H,2-11H2,1H3. The van der Waals surface area contributed by atoms with Gasteiger partial charge in [-0.15, -0.1) is 0 Å². The molecule has 0 unspecified atom stereocenters. The van der Waals surface area contributed by atoms with E-state index in [4.69, 9.17) is 4.74 Å². The molecule has 1 fully saturated rings. The Kier molecular flexibility index (Phi) is 6.45. The monoisotopic (exact) mass is 212 g/mol. The molecule has 0 radical (unpaired) electrons. The molecule has 0 spiro atoms. The smallest absolute Gasteiger partial charge is 0.306 e. The lowest BCUT2D eigenvalue weighted by Gasteiger charge is -2.20. The second-order valence-electron chi connectivity index (χ2n) is 4.56. The van der Waals surface area contributed by atoms with Gasteiger partial charge in [-0.3, -0.25) is 4.79 Å². The number of carbonyl (C=O) groups is 1. The van der Waals surface area contributed by atoms with Crippen LogP contribution in [0.2, 0.25) is 0 Å². The molecule has 0 aromatic carbocycles. The third kappa shape index (κ3) is 5.81. The SMILES string of the molecule is CCCCC(=O)OC1CCCCCCC1. The van der Waals surface area contributed by atoms with E-state index in [1.54, 1.807) is 0 Å². The highest BCUT2D eigenvalue weighted by molar-refractivity contribution is 5.69. The van der Waals surface area contributed by atoms with Crippen molar-refractivity contribution in [3.05, 3.63) is 0 Å². The maximum Gasteiger partial charge on any atom is 0.306 e. The van der Waals surface area contributed by atoms with E-state index in [9.17, 15) is 4.79 Å². The van der Waals surface area contributed by atoms with Crippen LogP contribution in [-0.4, -0.2) is 12.1 Å². The van der Waals surface area contributed by atoms with Gasteiger partial charge in [-0.2, -0.15) is 0 Å². The molecule has 0 amide bonds. The van der Waals surface area contributed by atoms with Gasteiger partial charge in [0.2, 0.25) is 0 Å². The zero-order valence-electron chi connectivity index (χ0n) is 9.96. The summed E-state index contributed by atoms with van der Waals surface area (Å²) in [6.45, 7) is 2.10. The first kappa shape index (κ1) is 12.5. The van der Waals surface area contributed by atoms with Crippen molar-refractivity contribution in [2.75, 3.05) is 0 Å². The van der Waals surface area contributed by atoms with Crippen molar-refractivity contribution in [3.63, 3.8) is 0 Å². The van der Waals surface area contributed by atoms with E-state index >= 15 is 0 Å². The van der Waals surface area contributed by atoms with Crippen molar-refractivity contribution >= 4 is 5.97 Å². The fourth-order valence-electron chi connectivity index (χ4n) is 2.10. The number of ether oxygens (including phenoxy) is 1. The molecule has 1 rings (SSSR count). The normalized spacial score (nSPS) is 19.3. The molecule has 1 saturated carbocycles. The Morgan fingerprint density at radius 2 is 1.73 bits per heavy atom. The third-order valence-corrected chi connectivity index (χ3v) is 3.08. The maximum absolute atomic E-state index is 11.4. The minimum absolute atomic E-state index is 0.0161. The van der Waals surface area contributed by atoms with Gasteiger partial charge >= 0.3 is 5.97 Å². The van der Waals surface area contributed by atoms with E-state index < -0.39 is 0 Å². The van der Waals surface area contributed by atoms with Crippen LogP contribution in [0.4, 0.5) is 0 Å². The lowest BCUT2D eigenvalue weighted by molar-refractivity contribution is -0.150. The van der Waals surface area contributed by atoms with Crippen molar-refractivity contribution in [2.45, 2.75) is 77.2 Å². The van der Waals surface area contributed by atoms with Gasteiger partial charge in [0.25, 0.3) is 0 Å². The second kappa shape index (κ2) is 7.72. The number of hydrogen-bond donors (Lipinski definition) is 0. The van der Waals surface area contributed by atoms with Gasteiger partial charge in [0.15, 0.2) is 0 Å². The van der Waals surface area contributed by atoms with Crippen LogP contribution in [0.1, 0.15) is 71.1 Å². The number of rotatable bonds is 4. The maximum atomic E-state index is 11.4. The van der Waals surface area contributed by atoms with E-state index in [-0.39, 0.29) is 12.1 Å².